The van der Waals surface area contributed by atoms with Gasteiger partial charge in [-0.15, -0.1) is 0 Å². The van der Waals surface area contributed by atoms with Crippen LogP contribution in [-0.4, -0.2) is 33.7 Å². The van der Waals surface area contributed by atoms with Gasteiger partial charge in [0.25, 0.3) is 0 Å². The van der Waals surface area contributed by atoms with E-state index in [1.54, 1.807) is 0 Å². The molecule has 1 saturated heterocycles. The second-order valence-electron chi connectivity index (χ2n) is 3.80. The Morgan fingerprint density at radius 1 is 1.64 bits per heavy atom. The Bertz CT molecular complexity index is 339. The van der Waals surface area contributed by atoms with E-state index in [-0.39, 0.29) is 5.91 Å². The highest BCUT2D eigenvalue weighted by Gasteiger charge is 2.31. The van der Waals surface area contributed by atoms with Crippen LogP contribution >= 0.6 is 0 Å². The molecule has 0 spiro atoms. The molecule has 0 bridgehead atoms. The van der Waals surface area contributed by atoms with E-state index in [4.69, 9.17) is 0 Å². The van der Waals surface area contributed by atoms with Gasteiger partial charge in [0.2, 0.25) is 5.91 Å². The number of nitrogens with zero attached hydrogens (tertiary/aromatic N) is 3. The maximum atomic E-state index is 11.3. The first-order valence-corrected chi connectivity index (χ1v) is 4.99. The fourth-order valence-electron chi connectivity index (χ4n) is 1.68. The summed E-state index contributed by atoms with van der Waals surface area (Å²) in [6, 6.07) is 0.388. The van der Waals surface area contributed by atoms with Crippen molar-refractivity contribution in [3.05, 3.63) is 18.0 Å². The molecule has 0 N–H and O–H groups in total. The summed E-state index contributed by atoms with van der Waals surface area (Å²) in [7, 11) is 0. The quantitative estimate of drug-likeness (QED) is 0.702. The highest BCUT2D eigenvalue weighted by atomic mass is 16.2. The Labute approximate surface area is 83.5 Å². The van der Waals surface area contributed by atoms with Crippen molar-refractivity contribution in [2.75, 3.05) is 13.1 Å². The van der Waals surface area contributed by atoms with Gasteiger partial charge < -0.3 is 4.90 Å². The third kappa shape index (κ3) is 1.52. The minimum Gasteiger partial charge on any atom is -0.338 e. The van der Waals surface area contributed by atoms with E-state index < -0.39 is 0 Å². The van der Waals surface area contributed by atoms with E-state index in [0.717, 1.165) is 13.1 Å². The molecule has 0 saturated carbocycles. The monoisotopic (exact) mass is 193 g/mol. The van der Waals surface area contributed by atoms with E-state index in [1.807, 2.05) is 35.8 Å². The van der Waals surface area contributed by atoms with Gasteiger partial charge in [-0.25, -0.2) is 0 Å². The molecule has 1 amide bonds. The summed E-state index contributed by atoms with van der Waals surface area (Å²) in [6.45, 7) is 5.55. The molecule has 1 aliphatic heterocycles. The number of rotatable bonds is 2. The second kappa shape index (κ2) is 3.44. The van der Waals surface area contributed by atoms with Crippen LogP contribution in [0.5, 0.6) is 0 Å². The van der Waals surface area contributed by atoms with E-state index in [9.17, 15) is 4.79 Å². The Balaban J connectivity index is 1.92. The maximum Gasteiger partial charge on any atom is 0.222 e. The number of aryl methyl sites for hydroxylation is 1. The fourth-order valence-corrected chi connectivity index (χ4v) is 1.68. The predicted octanol–water partition coefficient (Wildman–Crippen LogP) is 0.985. The normalized spacial score (nSPS) is 16.9. The average Bonchev–Trinajstić information content (AvgIpc) is 2.49. The first-order chi connectivity index (χ1) is 6.70. The second-order valence-corrected chi connectivity index (χ2v) is 3.80. The van der Waals surface area contributed by atoms with Crippen molar-refractivity contribution in [3.8, 4) is 0 Å². The molecule has 2 rings (SSSR count). The van der Waals surface area contributed by atoms with Crippen molar-refractivity contribution in [1.82, 2.24) is 14.7 Å². The number of hydrogen-bond donors (Lipinski definition) is 0. The standard InChI is InChI=1S/C10H15N3O/c1-3-10(14)12-6-9(7-12)13-5-8(2)4-11-13/h4-5,9H,3,6-7H2,1-2H3. The maximum absolute atomic E-state index is 11.3. The molecule has 2 heterocycles. The zero-order valence-corrected chi connectivity index (χ0v) is 8.60. The van der Waals surface area contributed by atoms with Gasteiger partial charge in [0.1, 0.15) is 0 Å². The molecule has 1 aromatic rings. The van der Waals surface area contributed by atoms with Crippen LogP contribution in [-0.2, 0) is 4.79 Å². The lowest BCUT2D eigenvalue weighted by molar-refractivity contribution is -0.136. The lowest BCUT2D eigenvalue weighted by Gasteiger charge is -2.39. The summed E-state index contributed by atoms with van der Waals surface area (Å²) in [5.74, 6) is 0.241. The lowest BCUT2D eigenvalue weighted by atomic mass is 10.1. The van der Waals surface area contributed by atoms with Crippen molar-refractivity contribution < 1.29 is 4.79 Å². The molecule has 1 aromatic heterocycles. The van der Waals surface area contributed by atoms with E-state index in [1.165, 1.54) is 5.56 Å². The minimum absolute atomic E-state index is 0.241. The minimum atomic E-state index is 0.241. The van der Waals surface area contributed by atoms with Gasteiger partial charge in [-0.05, 0) is 12.5 Å². The van der Waals surface area contributed by atoms with Crippen LogP contribution in [0.2, 0.25) is 0 Å². The smallest absolute Gasteiger partial charge is 0.222 e. The van der Waals surface area contributed by atoms with Crippen LogP contribution in [0.25, 0.3) is 0 Å². The van der Waals surface area contributed by atoms with Crippen molar-refractivity contribution in [2.24, 2.45) is 0 Å². The molecule has 76 valence electrons. The molecule has 0 aromatic carbocycles. The first-order valence-electron chi connectivity index (χ1n) is 4.99. The van der Waals surface area contributed by atoms with Gasteiger partial charge in [0, 0.05) is 25.7 Å². The van der Waals surface area contributed by atoms with E-state index >= 15 is 0 Å². The average molecular weight is 193 g/mol. The van der Waals surface area contributed by atoms with Crippen molar-refractivity contribution in [3.63, 3.8) is 0 Å². The number of likely N-dealkylation sites (tertiary alicyclic amines) is 1. The van der Waals surface area contributed by atoms with Crippen LogP contribution in [0.3, 0.4) is 0 Å². The molecule has 1 fully saturated rings. The highest BCUT2D eigenvalue weighted by Crippen LogP contribution is 2.21. The molecule has 4 nitrogen and oxygen atoms in total. The van der Waals surface area contributed by atoms with Gasteiger partial charge in [-0.1, -0.05) is 6.92 Å². The summed E-state index contributed by atoms with van der Waals surface area (Å²) in [5, 5.41) is 4.24. The van der Waals surface area contributed by atoms with Gasteiger partial charge >= 0.3 is 0 Å². The summed E-state index contributed by atoms with van der Waals surface area (Å²) in [5.41, 5.74) is 1.17. The number of carbonyl (C=O) groups excluding carboxylic acids is 1. The fraction of sp³-hybridized carbons (Fsp3) is 0.600. The SMILES string of the molecule is CCC(=O)N1CC(n2cc(C)cn2)C1. The van der Waals surface area contributed by atoms with Gasteiger partial charge in [-0.2, -0.15) is 5.10 Å². The number of aromatic nitrogens is 2. The lowest BCUT2D eigenvalue weighted by Crippen LogP contribution is -2.50. The molecular formula is C10H15N3O. The van der Waals surface area contributed by atoms with E-state index in [2.05, 4.69) is 5.10 Å². The molecule has 0 atom stereocenters. The van der Waals surface area contributed by atoms with Crippen LogP contribution in [0.4, 0.5) is 0 Å². The van der Waals surface area contributed by atoms with Gasteiger partial charge in [-0.3, -0.25) is 9.48 Å². The van der Waals surface area contributed by atoms with Crippen molar-refractivity contribution in [1.29, 1.82) is 0 Å². The number of carbonyl (C=O) groups is 1. The molecule has 4 heteroatoms. The first kappa shape index (κ1) is 9.24. The topological polar surface area (TPSA) is 38.1 Å². The largest absolute Gasteiger partial charge is 0.338 e. The third-order valence-electron chi connectivity index (χ3n) is 2.62. The number of hydrogen-bond acceptors (Lipinski definition) is 2. The predicted molar refractivity (Wildman–Crippen MR) is 52.9 cm³/mol. The van der Waals surface area contributed by atoms with Crippen LogP contribution < -0.4 is 0 Å². The molecule has 1 aliphatic rings. The van der Waals surface area contributed by atoms with Crippen molar-refractivity contribution >= 4 is 5.91 Å². The van der Waals surface area contributed by atoms with Crippen LogP contribution in [0, 0.1) is 6.92 Å². The molecular weight excluding hydrogens is 178 g/mol. The Morgan fingerprint density at radius 2 is 2.36 bits per heavy atom. The van der Waals surface area contributed by atoms with E-state index in [0.29, 0.717) is 12.5 Å². The van der Waals surface area contributed by atoms with Crippen molar-refractivity contribution in [2.45, 2.75) is 26.3 Å². The zero-order valence-electron chi connectivity index (χ0n) is 8.60. The summed E-state index contributed by atoms with van der Waals surface area (Å²) in [4.78, 5) is 13.1. The van der Waals surface area contributed by atoms with Gasteiger partial charge in [0.05, 0.1) is 12.2 Å². The Morgan fingerprint density at radius 3 is 2.86 bits per heavy atom. The molecule has 0 aliphatic carbocycles. The zero-order chi connectivity index (χ0) is 10.1. The van der Waals surface area contributed by atoms with Crippen LogP contribution in [0.15, 0.2) is 12.4 Å². The molecule has 0 unspecified atom stereocenters. The summed E-state index contributed by atoms with van der Waals surface area (Å²) in [6.07, 6.45) is 4.48. The summed E-state index contributed by atoms with van der Waals surface area (Å²) < 4.78 is 1.95. The summed E-state index contributed by atoms with van der Waals surface area (Å²) >= 11 is 0. The Hall–Kier alpha value is -1.32. The van der Waals surface area contributed by atoms with Gasteiger partial charge in [0.15, 0.2) is 0 Å². The van der Waals surface area contributed by atoms with Crippen LogP contribution in [0.1, 0.15) is 24.9 Å². The molecule has 14 heavy (non-hydrogen) atoms. The highest BCUT2D eigenvalue weighted by molar-refractivity contribution is 5.76. The number of amides is 1. The Kier molecular flexibility index (Phi) is 2.27. The molecule has 0 radical (unpaired) electrons. The third-order valence-corrected chi connectivity index (χ3v) is 2.62.